The Hall–Kier alpha value is -0.340. The van der Waals surface area contributed by atoms with Gasteiger partial charge in [-0.05, 0) is 55.5 Å². The second kappa shape index (κ2) is 3.07. The molecule has 2 aliphatic rings. The van der Waals surface area contributed by atoms with Crippen molar-refractivity contribution in [3.8, 4) is 0 Å². The Bertz CT molecular complexity index is 369. The lowest BCUT2D eigenvalue weighted by Crippen LogP contribution is -2.32. The van der Waals surface area contributed by atoms with Crippen molar-refractivity contribution in [1.82, 2.24) is 5.32 Å². The largest absolute Gasteiger partial charge is 0.311 e. The van der Waals surface area contributed by atoms with Gasteiger partial charge < -0.3 is 5.32 Å². The number of nitrogens with one attached hydrogen (secondary N) is 1. The van der Waals surface area contributed by atoms with E-state index in [1.54, 1.807) is 5.56 Å². The van der Waals surface area contributed by atoms with Crippen LogP contribution in [0.3, 0.4) is 0 Å². The van der Waals surface area contributed by atoms with E-state index in [0.29, 0.717) is 5.54 Å². The molecule has 1 aliphatic heterocycles. The van der Waals surface area contributed by atoms with Crippen molar-refractivity contribution < 1.29 is 0 Å². The second-order valence-electron chi connectivity index (χ2n) is 4.55. The molecule has 0 aromatic heterocycles. The van der Waals surface area contributed by atoms with Gasteiger partial charge in [0.25, 0.3) is 0 Å². The molecule has 1 aromatic rings. The highest BCUT2D eigenvalue weighted by Gasteiger charge is 2.43. The van der Waals surface area contributed by atoms with Gasteiger partial charge in [-0.15, -0.1) is 0 Å². The summed E-state index contributed by atoms with van der Waals surface area (Å²) in [4.78, 5) is 0. The predicted octanol–water partition coefficient (Wildman–Crippen LogP) is 2.67. The Morgan fingerprint density at radius 1 is 1.21 bits per heavy atom. The third kappa shape index (κ3) is 1.51. The van der Waals surface area contributed by atoms with Crippen LogP contribution < -0.4 is 5.32 Å². The molecule has 0 amide bonds. The number of fused-ring (bicyclic) bond motifs is 1. The molecule has 0 bridgehead atoms. The third-order valence-electron chi connectivity index (χ3n) is 3.45. The Morgan fingerprint density at radius 2 is 2.07 bits per heavy atom. The van der Waals surface area contributed by atoms with Crippen LogP contribution in [0.4, 0.5) is 0 Å². The van der Waals surface area contributed by atoms with Crippen LogP contribution in [0.25, 0.3) is 0 Å². The fraction of sp³-hybridized carbons (Fsp3) is 0.500. The first-order valence-corrected chi connectivity index (χ1v) is 6.09. The van der Waals surface area contributed by atoms with Gasteiger partial charge in [-0.25, -0.2) is 0 Å². The van der Waals surface area contributed by atoms with Gasteiger partial charge >= 0.3 is 0 Å². The molecule has 0 saturated heterocycles. The lowest BCUT2D eigenvalue weighted by atomic mass is 10.00. The Morgan fingerprint density at radius 3 is 2.86 bits per heavy atom. The molecule has 0 radical (unpaired) electrons. The number of halogens is 1. The summed E-state index contributed by atoms with van der Waals surface area (Å²) in [6, 6.07) is 6.72. The molecule has 3 rings (SSSR count). The zero-order chi connectivity index (χ0) is 9.60. The van der Waals surface area contributed by atoms with Crippen LogP contribution in [-0.2, 0) is 12.8 Å². The maximum Gasteiger partial charge on any atom is 0.0223 e. The molecular weight excluding hydrogens is 238 g/mol. The molecule has 1 aromatic carbocycles. The number of rotatable bonds is 0. The van der Waals surface area contributed by atoms with Crippen molar-refractivity contribution in [3.63, 3.8) is 0 Å². The molecule has 14 heavy (non-hydrogen) atoms. The second-order valence-corrected chi connectivity index (χ2v) is 5.46. The fourth-order valence-corrected chi connectivity index (χ4v) is 2.81. The number of hydrogen-bond acceptors (Lipinski definition) is 1. The first-order chi connectivity index (χ1) is 6.77. The van der Waals surface area contributed by atoms with E-state index in [-0.39, 0.29) is 0 Å². The van der Waals surface area contributed by atoms with Gasteiger partial charge in [-0.2, -0.15) is 0 Å². The Labute approximate surface area is 93.0 Å². The molecule has 1 spiro atoms. The number of hydrogen-bond donors (Lipinski definition) is 1. The zero-order valence-electron chi connectivity index (χ0n) is 8.15. The van der Waals surface area contributed by atoms with Crippen molar-refractivity contribution in [2.24, 2.45) is 0 Å². The van der Waals surface area contributed by atoms with Gasteiger partial charge in [0.2, 0.25) is 0 Å². The van der Waals surface area contributed by atoms with E-state index in [1.165, 1.54) is 35.7 Å². The molecule has 1 aliphatic carbocycles. The van der Waals surface area contributed by atoms with E-state index < -0.39 is 0 Å². The van der Waals surface area contributed by atoms with Gasteiger partial charge in [-0.3, -0.25) is 0 Å². The lowest BCUT2D eigenvalue weighted by molar-refractivity contribution is 0.514. The highest BCUT2D eigenvalue weighted by Crippen LogP contribution is 2.40. The summed E-state index contributed by atoms with van der Waals surface area (Å²) >= 11 is 3.55. The van der Waals surface area contributed by atoms with E-state index in [2.05, 4.69) is 39.4 Å². The van der Waals surface area contributed by atoms with Gasteiger partial charge in [0.15, 0.2) is 0 Å². The summed E-state index contributed by atoms with van der Waals surface area (Å²) in [5.41, 5.74) is 3.55. The maximum atomic E-state index is 3.68. The first-order valence-electron chi connectivity index (χ1n) is 5.30. The molecule has 1 heterocycles. The quantitative estimate of drug-likeness (QED) is 0.748. The van der Waals surface area contributed by atoms with Crippen molar-refractivity contribution >= 4 is 15.9 Å². The summed E-state index contributed by atoms with van der Waals surface area (Å²) < 4.78 is 1.22. The maximum absolute atomic E-state index is 3.68. The molecule has 74 valence electrons. The van der Waals surface area contributed by atoms with Gasteiger partial charge in [0, 0.05) is 10.0 Å². The average molecular weight is 252 g/mol. The van der Waals surface area contributed by atoms with Crippen LogP contribution in [0.1, 0.15) is 24.0 Å². The van der Waals surface area contributed by atoms with Crippen LogP contribution in [0.15, 0.2) is 22.7 Å². The highest BCUT2D eigenvalue weighted by molar-refractivity contribution is 9.10. The molecule has 1 saturated carbocycles. The standard InChI is InChI=1S/C12H14BrN/c13-11-2-1-9-3-6-14-12(4-5-12)8-10(9)7-11/h1-2,7,14H,3-6,8H2. The van der Waals surface area contributed by atoms with E-state index in [0.717, 1.165) is 6.54 Å². The molecule has 0 atom stereocenters. The normalized spacial score (nSPS) is 22.9. The first kappa shape index (κ1) is 8.93. The molecule has 1 fully saturated rings. The topological polar surface area (TPSA) is 12.0 Å². The summed E-state index contributed by atoms with van der Waals surface area (Å²) in [6.45, 7) is 1.15. The minimum atomic E-state index is 0.478. The average Bonchev–Trinajstić information content (AvgIpc) is 2.92. The minimum absolute atomic E-state index is 0.478. The predicted molar refractivity (Wildman–Crippen MR) is 61.5 cm³/mol. The van der Waals surface area contributed by atoms with E-state index in [1.807, 2.05) is 0 Å². The summed E-state index contributed by atoms with van der Waals surface area (Å²) in [7, 11) is 0. The van der Waals surface area contributed by atoms with Crippen molar-refractivity contribution in [2.75, 3.05) is 6.54 Å². The summed E-state index contributed by atoms with van der Waals surface area (Å²) in [5.74, 6) is 0. The fourth-order valence-electron chi connectivity index (χ4n) is 2.40. The Kier molecular flexibility index (Phi) is 1.96. The van der Waals surface area contributed by atoms with E-state index in [4.69, 9.17) is 0 Å². The smallest absolute Gasteiger partial charge is 0.0223 e. The monoisotopic (exact) mass is 251 g/mol. The van der Waals surface area contributed by atoms with Crippen molar-refractivity contribution in [3.05, 3.63) is 33.8 Å². The molecule has 2 heteroatoms. The van der Waals surface area contributed by atoms with Gasteiger partial charge in [0.1, 0.15) is 0 Å². The van der Waals surface area contributed by atoms with Gasteiger partial charge in [0.05, 0.1) is 0 Å². The van der Waals surface area contributed by atoms with E-state index in [9.17, 15) is 0 Å². The SMILES string of the molecule is Brc1ccc2c(c1)CC1(CC1)NCC2. The van der Waals surface area contributed by atoms with E-state index >= 15 is 0 Å². The van der Waals surface area contributed by atoms with Gasteiger partial charge in [-0.1, -0.05) is 22.0 Å². The van der Waals surface area contributed by atoms with Crippen LogP contribution in [0.2, 0.25) is 0 Å². The van der Waals surface area contributed by atoms with Crippen LogP contribution in [-0.4, -0.2) is 12.1 Å². The van der Waals surface area contributed by atoms with Crippen molar-refractivity contribution in [2.45, 2.75) is 31.2 Å². The van der Waals surface area contributed by atoms with Crippen molar-refractivity contribution in [1.29, 1.82) is 0 Å². The minimum Gasteiger partial charge on any atom is -0.311 e. The molecule has 0 unspecified atom stereocenters. The Balaban J connectivity index is 2.00. The highest BCUT2D eigenvalue weighted by atomic mass is 79.9. The number of benzene rings is 1. The lowest BCUT2D eigenvalue weighted by Gasteiger charge is -2.13. The van der Waals surface area contributed by atoms with Crippen LogP contribution >= 0.6 is 15.9 Å². The third-order valence-corrected chi connectivity index (χ3v) is 3.94. The molecular formula is C12H14BrN. The molecule has 1 N–H and O–H groups in total. The zero-order valence-corrected chi connectivity index (χ0v) is 9.73. The summed E-state index contributed by atoms with van der Waals surface area (Å²) in [6.07, 6.45) is 5.13. The molecule has 1 nitrogen and oxygen atoms in total. The van der Waals surface area contributed by atoms with Crippen LogP contribution in [0, 0.1) is 0 Å². The van der Waals surface area contributed by atoms with Crippen LogP contribution in [0.5, 0.6) is 0 Å². The summed E-state index contributed by atoms with van der Waals surface area (Å²) in [5, 5.41) is 3.68.